The predicted octanol–water partition coefficient (Wildman–Crippen LogP) is 1.13. The molecule has 4 nitrogen and oxygen atoms in total. The van der Waals surface area contributed by atoms with E-state index in [9.17, 15) is 4.79 Å². The summed E-state index contributed by atoms with van der Waals surface area (Å²) in [5.74, 6) is -0.457. The van der Waals surface area contributed by atoms with E-state index in [0.717, 1.165) is 0 Å². The first kappa shape index (κ1) is 10.7. The molecule has 0 amide bonds. The molecule has 0 heterocycles. The van der Waals surface area contributed by atoms with Gasteiger partial charge in [0.1, 0.15) is 6.61 Å². The third-order valence-electron chi connectivity index (χ3n) is 1.12. The smallest absolute Gasteiger partial charge is 0.355 e. The lowest BCUT2D eigenvalue weighted by molar-refractivity contribution is -0.133. The average Bonchev–Trinajstić information content (AvgIpc) is 2.11. The number of carbonyl (C=O) groups is 1. The van der Waals surface area contributed by atoms with Crippen LogP contribution in [0.4, 0.5) is 0 Å². The lowest BCUT2D eigenvalue weighted by Crippen LogP contribution is -2.15. The number of oxime groups is 1. The molecule has 0 aliphatic rings. The highest BCUT2D eigenvalue weighted by atomic mass is 16.6. The van der Waals surface area contributed by atoms with E-state index in [2.05, 4.69) is 16.5 Å². The van der Waals surface area contributed by atoms with Crippen LogP contribution in [0.2, 0.25) is 0 Å². The van der Waals surface area contributed by atoms with Crippen LogP contribution in [-0.4, -0.2) is 25.4 Å². The second-order valence-corrected chi connectivity index (χ2v) is 1.97. The first-order valence-corrected chi connectivity index (χ1v) is 3.64. The maximum absolute atomic E-state index is 10.9. The Balaban J connectivity index is 4.03. The van der Waals surface area contributed by atoms with Crippen molar-refractivity contribution in [1.29, 1.82) is 0 Å². The second kappa shape index (κ2) is 6.39. The molecular weight excluding hydrogens is 158 g/mol. The molecule has 0 spiro atoms. The van der Waals surface area contributed by atoms with E-state index in [1.807, 2.05) is 0 Å². The third kappa shape index (κ3) is 3.75. The number of carbonyl (C=O) groups excluding carboxylic acids is 1. The van der Waals surface area contributed by atoms with Crippen molar-refractivity contribution < 1.29 is 14.4 Å². The second-order valence-electron chi connectivity index (χ2n) is 1.97. The molecule has 0 aliphatic carbocycles. The van der Waals surface area contributed by atoms with Crippen LogP contribution >= 0.6 is 0 Å². The van der Waals surface area contributed by atoms with Gasteiger partial charge in [-0.2, -0.15) is 0 Å². The lowest BCUT2D eigenvalue weighted by atomic mass is 10.3. The van der Waals surface area contributed by atoms with E-state index in [1.165, 1.54) is 7.11 Å². The van der Waals surface area contributed by atoms with Crippen molar-refractivity contribution in [3.63, 3.8) is 0 Å². The van der Waals surface area contributed by atoms with Crippen molar-refractivity contribution in [2.24, 2.45) is 5.16 Å². The molecule has 0 aromatic carbocycles. The van der Waals surface area contributed by atoms with Gasteiger partial charge in [0.05, 0.1) is 7.11 Å². The summed E-state index contributed by atoms with van der Waals surface area (Å²) < 4.78 is 4.46. The van der Waals surface area contributed by atoms with Gasteiger partial charge in [0.15, 0.2) is 5.71 Å². The molecule has 0 aliphatic heterocycles. The number of rotatable bonds is 5. The summed E-state index contributed by atoms with van der Waals surface area (Å²) in [5, 5.41) is 3.57. The van der Waals surface area contributed by atoms with Gasteiger partial charge < -0.3 is 9.57 Å². The Morgan fingerprint density at radius 2 is 2.33 bits per heavy atom. The first-order chi connectivity index (χ1) is 5.76. The Morgan fingerprint density at radius 1 is 1.67 bits per heavy atom. The molecule has 0 fully saturated rings. The minimum Gasteiger partial charge on any atom is -0.464 e. The van der Waals surface area contributed by atoms with Crippen molar-refractivity contribution in [2.75, 3.05) is 13.7 Å². The molecule has 0 unspecified atom stereocenters. The zero-order valence-corrected chi connectivity index (χ0v) is 7.37. The molecule has 12 heavy (non-hydrogen) atoms. The molecule has 0 aromatic heterocycles. The summed E-state index contributed by atoms with van der Waals surface area (Å²) in [6, 6.07) is 0. The van der Waals surface area contributed by atoms with Gasteiger partial charge in [-0.15, -0.1) is 0 Å². The number of hydrogen-bond acceptors (Lipinski definition) is 4. The Hall–Kier alpha value is -1.32. The van der Waals surface area contributed by atoms with Crippen LogP contribution in [0, 0.1) is 0 Å². The first-order valence-electron chi connectivity index (χ1n) is 3.64. The van der Waals surface area contributed by atoms with E-state index < -0.39 is 5.97 Å². The van der Waals surface area contributed by atoms with Crippen molar-refractivity contribution in [1.82, 2.24) is 0 Å². The van der Waals surface area contributed by atoms with Crippen molar-refractivity contribution >= 4 is 11.7 Å². The van der Waals surface area contributed by atoms with E-state index in [-0.39, 0.29) is 5.71 Å². The van der Waals surface area contributed by atoms with Gasteiger partial charge in [-0.25, -0.2) is 4.79 Å². The van der Waals surface area contributed by atoms with Crippen LogP contribution in [0.3, 0.4) is 0 Å². The van der Waals surface area contributed by atoms with Gasteiger partial charge in [-0.3, -0.25) is 0 Å². The van der Waals surface area contributed by atoms with Crippen LogP contribution < -0.4 is 0 Å². The Kier molecular flexibility index (Phi) is 5.69. The van der Waals surface area contributed by atoms with E-state index in [1.54, 1.807) is 13.0 Å². The molecule has 0 N–H and O–H groups in total. The quantitative estimate of drug-likeness (QED) is 0.205. The van der Waals surface area contributed by atoms with Crippen LogP contribution in [-0.2, 0) is 14.4 Å². The topological polar surface area (TPSA) is 47.9 Å². The summed E-state index contributed by atoms with van der Waals surface area (Å²) in [7, 11) is 1.31. The van der Waals surface area contributed by atoms with Gasteiger partial charge in [0.2, 0.25) is 0 Å². The Morgan fingerprint density at radius 3 is 2.75 bits per heavy atom. The van der Waals surface area contributed by atoms with E-state index in [4.69, 9.17) is 4.84 Å². The maximum atomic E-state index is 10.9. The average molecular weight is 171 g/mol. The van der Waals surface area contributed by atoms with Gasteiger partial charge in [0.25, 0.3) is 0 Å². The molecule has 0 saturated carbocycles. The highest BCUT2D eigenvalue weighted by molar-refractivity contribution is 6.36. The molecule has 0 saturated heterocycles. The molecule has 0 radical (unpaired) electrons. The maximum Gasteiger partial charge on any atom is 0.355 e. The molecule has 0 aromatic rings. The Bertz CT molecular complexity index is 187. The SMILES string of the molecule is C=CCO/N=C(/CC)C(=O)OC. The summed E-state index contributed by atoms with van der Waals surface area (Å²) >= 11 is 0. The number of nitrogens with zero attached hydrogens (tertiary/aromatic N) is 1. The van der Waals surface area contributed by atoms with Crippen molar-refractivity contribution in [3.8, 4) is 0 Å². The predicted molar refractivity (Wildman–Crippen MR) is 45.9 cm³/mol. The minimum absolute atomic E-state index is 0.277. The van der Waals surface area contributed by atoms with Crippen LogP contribution in [0.25, 0.3) is 0 Å². The zero-order chi connectivity index (χ0) is 9.40. The van der Waals surface area contributed by atoms with Crippen molar-refractivity contribution in [2.45, 2.75) is 13.3 Å². The summed E-state index contributed by atoms with van der Waals surface area (Å²) in [6.07, 6.45) is 2.04. The van der Waals surface area contributed by atoms with Crippen LogP contribution in [0.1, 0.15) is 13.3 Å². The molecule has 0 rings (SSSR count). The van der Waals surface area contributed by atoms with E-state index in [0.29, 0.717) is 13.0 Å². The van der Waals surface area contributed by atoms with E-state index >= 15 is 0 Å². The molecule has 0 bridgehead atoms. The van der Waals surface area contributed by atoms with Gasteiger partial charge in [0, 0.05) is 0 Å². The fourth-order valence-electron chi connectivity index (χ4n) is 0.532. The zero-order valence-electron chi connectivity index (χ0n) is 7.37. The fourth-order valence-corrected chi connectivity index (χ4v) is 0.532. The van der Waals surface area contributed by atoms with Gasteiger partial charge in [-0.05, 0) is 6.42 Å². The van der Waals surface area contributed by atoms with Gasteiger partial charge in [-0.1, -0.05) is 24.7 Å². The molecule has 4 heteroatoms. The largest absolute Gasteiger partial charge is 0.464 e. The monoisotopic (exact) mass is 171 g/mol. The van der Waals surface area contributed by atoms with Gasteiger partial charge >= 0.3 is 5.97 Å². The highest BCUT2D eigenvalue weighted by Gasteiger charge is 2.08. The fraction of sp³-hybridized carbons (Fsp3) is 0.500. The minimum atomic E-state index is -0.457. The molecule has 68 valence electrons. The number of esters is 1. The number of methoxy groups -OCH3 is 1. The standard InChI is InChI=1S/C8H13NO3/c1-4-6-12-9-7(5-2)8(10)11-3/h4H,1,5-6H2,2-3H3/b9-7-. The summed E-state index contributed by atoms with van der Waals surface area (Å²) in [5.41, 5.74) is 0.277. The Labute approximate surface area is 71.8 Å². The molecular formula is C8H13NO3. The summed E-state index contributed by atoms with van der Waals surface area (Å²) in [6.45, 7) is 5.53. The highest BCUT2D eigenvalue weighted by Crippen LogP contribution is 1.91. The third-order valence-corrected chi connectivity index (χ3v) is 1.12. The van der Waals surface area contributed by atoms with Crippen molar-refractivity contribution in [3.05, 3.63) is 12.7 Å². The normalized spacial score (nSPS) is 10.7. The summed E-state index contributed by atoms with van der Waals surface area (Å²) in [4.78, 5) is 15.6. The lowest BCUT2D eigenvalue weighted by Gasteiger charge is -1.99. The van der Waals surface area contributed by atoms with Crippen LogP contribution in [0.5, 0.6) is 0 Å². The van der Waals surface area contributed by atoms with Crippen LogP contribution in [0.15, 0.2) is 17.8 Å². The number of hydrogen-bond donors (Lipinski definition) is 0. The molecule has 0 atom stereocenters. The number of ether oxygens (including phenoxy) is 1.